The van der Waals surface area contributed by atoms with Crippen molar-refractivity contribution in [3.8, 4) is 11.4 Å². The Morgan fingerprint density at radius 3 is 3.00 bits per heavy atom. The van der Waals surface area contributed by atoms with E-state index < -0.39 is 0 Å². The molecule has 0 bridgehead atoms. The molecule has 0 amide bonds. The van der Waals surface area contributed by atoms with Crippen LogP contribution < -0.4 is 0 Å². The lowest BCUT2D eigenvalue weighted by molar-refractivity contribution is 0.182. The average molecular weight is 347 g/mol. The molecule has 3 rings (SSSR count). The largest absolute Gasteiger partial charge is 0.469 e. The first-order valence-electron chi connectivity index (χ1n) is 8.62. The van der Waals surface area contributed by atoms with Crippen LogP contribution in [0.2, 0.25) is 0 Å². The molecule has 2 aromatic rings. The third-order valence-electron chi connectivity index (χ3n) is 4.73. The van der Waals surface area contributed by atoms with Gasteiger partial charge in [-0.15, -0.1) is 16.8 Å². The highest BCUT2D eigenvalue weighted by molar-refractivity contribution is 7.99. The van der Waals surface area contributed by atoms with Gasteiger partial charge >= 0.3 is 0 Å². The van der Waals surface area contributed by atoms with Crippen LogP contribution >= 0.6 is 11.8 Å². The van der Waals surface area contributed by atoms with E-state index in [4.69, 9.17) is 4.42 Å². The van der Waals surface area contributed by atoms with Crippen LogP contribution in [0.3, 0.4) is 0 Å². The summed E-state index contributed by atoms with van der Waals surface area (Å²) in [5.41, 5.74) is 1.00. The maximum atomic E-state index is 5.41. The van der Waals surface area contributed by atoms with Crippen LogP contribution in [-0.4, -0.2) is 45.1 Å². The lowest BCUT2D eigenvalue weighted by atomic mass is 10.0. The first-order valence-corrected chi connectivity index (χ1v) is 9.61. The first-order chi connectivity index (χ1) is 11.7. The molecule has 2 aromatic heterocycles. The Morgan fingerprint density at radius 1 is 1.42 bits per heavy atom. The summed E-state index contributed by atoms with van der Waals surface area (Å²) in [6.07, 6.45) is 8.79. The van der Waals surface area contributed by atoms with Crippen LogP contribution in [0.4, 0.5) is 0 Å². The number of likely N-dealkylation sites (tertiary alicyclic amines) is 1. The number of allylic oxidation sites excluding steroid dienone is 1. The molecule has 1 atom stereocenters. The van der Waals surface area contributed by atoms with Gasteiger partial charge in [0, 0.05) is 18.3 Å². The van der Waals surface area contributed by atoms with E-state index in [1.165, 1.54) is 32.2 Å². The number of rotatable bonds is 7. The maximum Gasteiger partial charge on any atom is 0.191 e. The fraction of sp³-hybridized carbons (Fsp3) is 0.556. The van der Waals surface area contributed by atoms with Gasteiger partial charge in [0.15, 0.2) is 11.0 Å². The second-order valence-electron chi connectivity index (χ2n) is 6.36. The van der Waals surface area contributed by atoms with Crippen molar-refractivity contribution in [2.75, 3.05) is 19.3 Å². The van der Waals surface area contributed by atoms with E-state index in [0.717, 1.165) is 28.1 Å². The van der Waals surface area contributed by atoms with Crippen LogP contribution in [0.1, 0.15) is 31.4 Å². The van der Waals surface area contributed by atoms with Gasteiger partial charge < -0.3 is 9.32 Å². The Kier molecular flexibility index (Phi) is 5.79. The van der Waals surface area contributed by atoms with Gasteiger partial charge in [-0.1, -0.05) is 24.3 Å². The smallest absolute Gasteiger partial charge is 0.191 e. The van der Waals surface area contributed by atoms with E-state index in [1.807, 2.05) is 19.1 Å². The minimum Gasteiger partial charge on any atom is -0.469 e. The number of thioether (sulfide) groups is 1. The van der Waals surface area contributed by atoms with Crippen molar-refractivity contribution >= 4 is 11.8 Å². The van der Waals surface area contributed by atoms with Crippen LogP contribution in [0.15, 0.2) is 34.6 Å². The number of hydrogen-bond donors (Lipinski definition) is 0. The van der Waals surface area contributed by atoms with Crippen molar-refractivity contribution in [1.29, 1.82) is 0 Å². The molecule has 1 unspecified atom stereocenters. The molecule has 0 N–H and O–H groups in total. The quantitative estimate of drug-likeness (QED) is 0.560. The molecule has 0 aromatic carbocycles. The van der Waals surface area contributed by atoms with Gasteiger partial charge in [-0.2, -0.15) is 0 Å². The van der Waals surface area contributed by atoms with E-state index in [1.54, 1.807) is 18.0 Å². The van der Waals surface area contributed by atoms with Crippen molar-refractivity contribution < 1.29 is 4.42 Å². The number of aromatic nitrogens is 3. The lowest BCUT2D eigenvalue weighted by Crippen LogP contribution is -2.36. The van der Waals surface area contributed by atoms with Gasteiger partial charge in [0.25, 0.3) is 0 Å². The Morgan fingerprint density at radius 2 is 2.29 bits per heavy atom. The van der Waals surface area contributed by atoms with Crippen molar-refractivity contribution in [3.05, 3.63) is 30.7 Å². The summed E-state index contributed by atoms with van der Waals surface area (Å²) < 4.78 is 7.54. The number of furan rings is 1. The first kappa shape index (κ1) is 17.3. The molecule has 1 saturated heterocycles. The molecular weight excluding hydrogens is 320 g/mol. The molecular formula is C18H26N4OS. The van der Waals surface area contributed by atoms with Crippen LogP contribution in [0.5, 0.6) is 0 Å². The fourth-order valence-electron chi connectivity index (χ4n) is 3.30. The summed E-state index contributed by atoms with van der Waals surface area (Å²) >= 11 is 1.79. The number of aryl methyl sites for hydroxylation is 1. The van der Waals surface area contributed by atoms with Gasteiger partial charge in [0.1, 0.15) is 5.76 Å². The van der Waals surface area contributed by atoms with Gasteiger partial charge in [-0.25, -0.2) is 0 Å². The zero-order valence-electron chi connectivity index (χ0n) is 14.6. The zero-order chi connectivity index (χ0) is 16.9. The van der Waals surface area contributed by atoms with Crippen molar-refractivity contribution in [1.82, 2.24) is 19.7 Å². The Labute approximate surface area is 148 Å². The monoisotopic (exact) mass is 346 g/mol. The minimum atomic E-state index is 0.706. The molecule has 0 radical (unpaired) electrons. The van der Waals surface area contributed by atoms with Gasteiger partial charge in [0.2, 0.25) is 0 Å². The second-order valence-corrected chi connectivity index (χ2v) is 7.43. The fourth-order valence-corrected chi connectivity index (χ4v) is 4.29. The molecule has 0 aliphatic carbocycles. The predicted molar refractivity (Wildman–Crippen MR) is 98.3 cm³/mol. The van der Waals surface area contributed by atoms with E-state index in [2.05, 4.69) is 33.3 Å². The predicted octanol–water partition coefficient (Wildman–Crippen LogP) is 4.00. The second kappa shape index (κ2) is 8.03. The van der Waals surface area contributed by atoms with E-state index >= 15 is 0 Å². The third-order valence-corrected chi connectivity index (χ3v) is 5.73. The van der Waals surface area contributed by atoms with Crippen LogP contribution in [0.25, 0.3) is 11.4 Å². The number of hydrogen-bond acceptors (Lipinski definition) is 5. The molecule has 1 aliphatic rings. The summed E-state index contributed by atoms with van der Waals surface area (Å²) in [6, 6.07) is 2.65. The number of nitrogens with zero attached hydrogens (tertiary/aromatic N) is 4. The van der Waals surface area contributed by atoms with Crippen molar-refractivity contribution in [2.45, 2.75) is 50.4 Å². The highest BCUT2D eigenvalue weighted by Gasteiger charge is 2.20. The average Bonchev–Trinajstić information content (AvgIpc) is 3.16. The normalized spacial score (nSPS) is 18.8. The standard InChI is InChI=1S/C18H26N4OS/c1-4-10-22-17(16-8-12-23-14(16)2)19-20-18(22)24-13-9-15-7-5-6-11-21(15)3/h4,8,12,15H,1,5-7,9-11,13H2,2-3H3. The zero-order valence-corrected chi connectivity index (χ0v) is 15.4. The Balaban J connectivity index is 1.68. The highest BCUT2D eigenvalue weighted by Crippen LogP contribution is 2.28. The van der Waals surface area contributed by atoms with Gasteiger partial charge in [-0.05, 0) is 45.8 Å². The third kappa shape index (κ3) is 3.75. The Bertz CT molecular complexity index is 678. The minimum absolute atomic E-state index is 0.706. The van der Waals surface area contributed by atoms with E-state index in [-0.39, 0.29) is 0 Å². The van der Waals surface area contributed by atoms with Gasteiger partial charge in [-0.3, -0.25) is 4.57 Å². The topological polar surface area (TPSA) is 47.1 Å². The van der Waals surface area contributed by atoms with E-state index in [9.17, 15) is 0 Å². The SMILES string of the molecule is C=CCn1c(SCCC2CCCCN2C)nnc1-c1ccoc1C. The summed E-state index contributed by atoms with van der Waals surface area (Å²) in [5.74, 6) is 2.79. The summed E-state index contributed by atoms with van der Waals surface area (Å²) in [6.45, 7) is 7.76. The van der Waals surface area contributed by atoms with Crippen molar-refractivity contribution in [3.63, 3.8) is 0 Å². The van der Waals surface area contributed by atoms with Gasteiger partial charge in [0.05, 0.1) is 11.8 Å². The molecule has 0 saturated carbocycles. The molecule has 6 heteroatoms. The van der Waals surface area contributed by atoms with E-state index in [0.29, 0.717) is 12.6 Å². The van der Waals surface area contributed by atoms with Crippen LogP contribution in [0, 0.1) is 6.92 Å². The van der Waals surface area contributed by atoms with Crippen molar-refractivity contribution in [2.24, 2.45) is 0 Å². The molecule has 0 spiro atoms. The molecule has 1 fully saturated rings. The summed E-state index contributed by atoms with van der Waals surface area (Å²) in [7, 11) is 2.24. The summed E-state index contributed by atoms with van der Waals surface area (Å²) in [4.78, 5) is 2.50. The molecule has 3 heterocycles. The summed E-state index contributed by atoms with van der Waals surface area (Å²) in [5, 5.41) is 9.76. The molecule has 1 aliphatic heterocycles. The maximum absolute atomic E-state index is 5.41. The molecule has 24 heavy (non-hydrogen) atoms. The molecule has 5 nitrogen and oxygen atoms in total. The Hall–Kier alpha value is -1.53. The van der Waals surface area contributed by atoms with Crippen LogP contribution in [-0.2, 0) is 6.54 Å². The lowest BCUT2D eigenvalue weighted by Gasteiger charge is -2.32. The number of piperidine rings is 1. The highest BCUT2D eigenvalue weighted by atomic mass is 32.2. The molecule has 130 valence electrons.